The third-order valence-electron chi connectivity index (χ3n) is 6.42. The lowest BCUT2D eigenvalue weighted by Gasteiger charge is -2.28. The van der Waals surface area contributed by atoms with Gasteiger partial charge in [-0.2, -0.15) is 5.26 Å². The number of aliphatic hydroxyl groups excluding tert-OH is 2. The predicted molar refractivity (Wildman–Crippen MR) is 136 cm³/mol. The zero-order valence-electron chi connectivity index (χ0n) is 19.8. The lowest BCUT2D eigenvalue weighted by Crippen LogP contribution is -2.50. The SMILES string of the molecule is N#Cc1cc(F)ccc1-c1ccc(CNC(=O)[C@H](O)[C@@H](O)C(=O)N2CCCC2c2cccc(Cl)c2)cc1. The van der Waals surface area contributed by atoms with Crippen LogP contribution >= 0.6 is 11.6 Å². The number of rotatable bonds is 7. The highest BCUT2D eigenvalue weighted by molar-refractivity contribution is 6.30. The van der Waals surface area contributed by atoms with Crippen molar-refractivity contribution < 1.29 is 24.2 Å². The highest BCUT2D eigenvalue weighted by atomic mass is 35.5. The minimum atomic E-state index is -1.94. The number of halogens is 2. The first-order valence-electron chi connectivity index (χ1n) is 11.8. The molecule has 1 fully saturated rings. The second kappa shape index (κ2) is 11.5. The van der Waals surface area contributed by atoms with Crippen LogP contribution in [0.4, 0.5) is 4.39 Å². The number of aliphatic hydroxyl groups is 2. The molecule has 4 rings (SSSR count). The molecular weight excluding hydrogens is 497 g/mol. The molecule has 1 saturated heterocycles. The second-order valence-corrected chi connectivity index (χ2v) is 9.29. The zero-order chi connectivity index (χ0) is 26.5. The number of hydrogen-bond donors (Lipinski definition) is 3. The van der Waals surface area contributed by atoms with Crippen molar-refractivity contribution in [1.82, 2.24) is 10.2 Å². The summed E-state index contributed by atoms with van der Waals surface area (Å²) in [7, 11) is 0. The minimum absolute atomic E-state index is 0.0421. The van der Waals surface area contributed by atoms with E-state index in [1.807, 2.05) is 12.1 Å². The van der Waals surface area contributed by atoms with Crippen molar-refractivity contribution >= 4 is 23.4 Å². The molecule has 1 aliphatic heterocycles. The van der Waals surface area contributed by atoms with Gasteiger partial charge in [0.05, 0.1) is 17.7 Å². The summed E-state index contributed by atoms with van der Waals surface area (Å²) in [5, 5.41) is 33.2. The van der Waals surface area contributed by atoms with Crippen LogP contribution in [-0.4, -0.2) is 45.7 Å². The molecule has 0 bridgehead atoms. The Hall–Kier alpha value is -3.77. The Balaban J connectivity index is 1.36. The largest absolute Gasteiger partial charge is 0.380 e. The Morgan fingerprint density at radius 2 is 1.86 bits per heavy atom. The highest BCUT2D eigenvalue weighted by Crippen LogP contribution is 2.33. The summed E-state index contributed by atoms with van der Waals surface area (Å²) in [5.74, 6) is -2.10. The van der Waals surface area contributed by atoms with Gasteiger partial charge in [-0.1, -0.05) is 54.1 Å². The molecule has 1 unspecified atom stereocenters. The maximum absolute atomic E-state index is 13.4. The van der Waals surface area contributed by atoms with Crippen LogP contribution in [0.3, 0.4) is 0 Å². The summed E-state index contributed by atoms with van der Waals surface area (Å²) in [4.78, 5) is 26.9. The number of hydrogen-bond acceptors (Lipinski definition) is 5. The molecule has 1 heterocycles. The van der Waals surface area contributed by atoms with Crippen LogP contribution in [0.25, 0.3) is 11.1 Å². The van der Waals surface area contributed by atoms with E-state index in [1.165, 1.54) is 17.0 Å². The van der Waals surface area contributed by atoms with E-state index < -0.39 is 29.8 Å². The summed E-state index contributed by atoms with van der Waals surface area (Å²) < 4.78 is 13.4. The molecule has 1 aliphatic rings. The summed E-state index contributed by atoms with van der Waals surface area (Å²) in [6.07, 6.45) is -2.44. The summed E-state index contributed by atoms with van der Waals surface area (Å²) in [5.41, 5.74) is 3.00. The van der Waals surface area contributed by atoms with Crippen molar-refractivity contribution in [1.29, 1.82) is 5.26 Å². The third kappa shape index (κ3) is 5.97. The fourth-order valence-corrected chi connectivity index (χ4v) is 4.69. The van der Waals surface area contributed by atoms with Crippen molar-refractivity contribution in [3.05, 3.63) is 94.3 Å². The van der Waals surface area contributed by atoms with E-state index in [0.717, 1.165) is 18.1 Å². The first-order chi connectivity index (χ1) is 17.8. The van der Waals surface area contributed by atoms with Gasteiger partial charge < -0.3 is 20.4 Å². The van der Waals surface area contributed by atoms with E-state index in [2.05, 4.69) is 5.32 Å². The number of likely N-dealkylation sites (tertiary alicyclic amines) is 1. The van der Waals surface area contributed by atoms with E-state index in [1.54, 1.807) is 42.5 Å². The van der Waals surface area contributed by atoms with Gasteiger partial charge in [-0.25, -0.2) is 4.39 Å². The van der Waals surface area contributed by atoms with Gasteiger partial charge in [0, 0.05) is 18.1 Å². The number of nitrogens with one attached hydrogen (secondary N) is 1. The number of benzene rings is 3. The molecule has 3 aromatic carbocycles. The average Bonchev–Trinajstić information content (AvgIpc) is 3.41. The molecule has 2 amide bonds. The summed E-state index contributed by atoms with van der Waals surface area (Å²) in [6.45, 7) is 0.440. The zero-order valence-corrected chi connectivity index (χ0v) is 20.5. The lowest BCUT2D eigenvalue weighted by molar-refractivity contribution is -0.153. The van der Waals surface area contributed by atoms with E-state index in [4.69, 9.17) is 11.6 Å². The van der Waals surface area contributed by atoms with E-state index >= 15 is 0 Å². The molecule has 3 N–H and O–H groups in total. The molecule has 0 spiro atoms. The van der Waals surface area contributed by atoms with Crippen LogP contribution in [0.2, 0.25) is 5.02 Å². The maximum atomic E-state index is 13.4. The molecule has 9 heteroatoms. The van der Waals surface area contributed by atoms with Gasteiger partial charge in [0.15, 0.2) is 12.2 Å². The fourth-order valence-electron chi connectivity index (χ4n) is 4.50. The number of carbonyl (C=O) groups is 2. The van der Waals surface area contributed by atoms with E-state index in [9.17, 15) is 29.5 Å². The smallest absolute Gasteiger partial charge is 0.255 e. The minimum Gasteiger partial charge on any atom is -0.380 e. The van der Waals surface area contributed by atoms with Crippen LogP contribution in [-0.2, 0) is 16.1 Å². The molecule has 3 aromatic rings. The Morgan fingerprint density at radius 1 is 1.11 bits per heavy atom. The van der Waals surface area contributed by atoms with Gasteiger partial charge in [-0.15, -0.1) is 0 Å². The lowest BCUT2D eigenvalue weighted by atomic mass is 9.99. The summed E-state index contributed by atoms with van der Waals surface area (Å²) >= 11 is 6.08. The van der Waals surface area contributed by atoms with Crippen molar-refractivity contribution in [2.24, 2.45) is 0 Å². The van der Waals surface area contributed by atoms with Crippen LogP contribution in [0, 0.1) is 17.1 Å². The molecule has 7 nitrogen and oxygen atoms in total. The first-order valence-corrected chi connectivity index (χ1v) is 12.1. The number of nitrogens with zero attached hydrogens (tertiary/aromatic N) is 2. The van der Waals surface area contributed by atoms with Crippen molar-refractivity contribution in [2.75, 3.05) is 6.54 Å². The van der Waals surface area contributed by atoms with Crippen LogP contribution in [0.1, 0.15) is 35.6 Å². The Labute approximate surface area is 218 Å². The van der Waals surface area contributed by atoms with Gasteiger partial charge in [-0.3, -0.25) is 9.59 Å². The van der Waals surface area contributed by atoms with Gasteiger partial charge in [-0.05, 0) is 59.4 Å². The molecule has 0 radical (unpaired) electrons. The van der Waals surface area contributed by atoms with Crippen molar-refractivity contribution in [3.8, 4) is 17.2 Å². The number of amides is 2. The average molecular weight is 522 g/mol. The Bertz CT molecular complexity index is 1340. The Morgan fingerprint density at radius 3 is 2.57 bits per heavy atom. The molecule has 3 atom stereocenters. The Kier molecular flexibility index (Phi) is 8.19. The topological polar surface area (TPSA) is 114 Å². The number of nitriles is 1. The standard InChI is InChI=1S/C28H25ClFN3O4/c29-21-4-1-3-19(13-21)24-5-2-12-33(24)28(37)26(35)25(34)27(36)32-16-17-6-8-18(9-7-17)23-11-10-22(30)14-20(23)15-31/h1,3-4,6-11,13-14,24-26,34-35H,2,5,12,16H2,(H,32,36)/t24?,25-,26-/m1/s1. The van der Waals surface area contributed by atoms with Crippen molar-refractivity contribution in [3.63, 3.8) is 0 Å². The molecule has 0 saturated carbocycles. The van der Waals surface area contributed by atoms with Gasteiger partial charge >= 0.3 is 0 Å². The third-order valence-corrected chi connectivity index (χ3v) is 6.66. The van der Waals surface area contributed by atoms with Crippen LogP contribution in [0.15, 0.2) is 66.7 Å². The van der Waals surface area contributed by atoms with Crippen LogP contribution in [0.5, 0.6) is 0 Å². The fraction of sp³-hybridized carbons (Fsp3) is 0.250. The quantitative estimate of drug-likeness (QED) is 0.438. The maximum Gasteiger partial charge on any atom is 0.255 e. The van der Waals surface area contributed by atoms with Gasteiger partial charge in [0.1, 0.15) is 5.82 Å². The second-order valence-electron chi connectivity index (χ2n) is 8.85. The molecule has 0 aliphatic carbocycles. The normalized spacial score (nSPS) is 16.6. The molecule has 37 heavy (non-hydrogen) atoms. The number of carbonyl (C=O) groups excluding carboxylic acids is 2. The predicted octanol–water partition coefficient (Wildman–Crippen LogP) is 3.72. The summed E-state index contributed by atoms with van der Waals surface area (Å²) in [6, 6.07) is 19.7. The van der Waals surface area contributed by atoms with Crippen LogP contribution < -0.4 is 5.32 Å². The highest BCUT2D eigenvalue weighted by Gasteiger charge is 2.38. The van der Waals surface area contributed by atoms with E-state index in [-0.39, 0.29) is 18.2 Å². The monoisotopic (exact) mass is 521 g/mol. The van der Waals surface area contributed by atoms with Crippen molar-refractivity contribution in [2.45, 2.75) is 37.6 Å². The van der Waals surface area contributed by atoms with Gasteiger partial charge in [0.25, 0.3) is 11.8 Å². The molecule has 190 valence electrons. The van der Waals surface area contributed by atoms with Gasteiger partial charge in [0.2, 0.25) is 0 Å². The van der Waals surface area contributed by atoms with E-state index in [0.29, 0.717) is 34.7 Å². The molecule has 0 aromatic heterocycles. The molecular formula is C28H25ClFN3O4. The first kappa shape index (κ1) is 26.3.